The van der Waals surface area contributed by atoms with Crippen LogP contribution in [0.15, 0.2) is 0 Å². The molecule has 3 aliphatic heterocycles. The molecule has 0 atom stereocenters. The van der Waals surface area contributed by atoms with Crippen molar-refractivity contribution in [2.45, 2.75) is 57.4 Å². The van der Waals surface area contributed by atoms with Gasteiger partial charge in [-0.1, -0.05) is 6.42 Å². The molecule has 0 spiro atoms. The number of amides is 2. The normalized spacial score (nSPS) is 26.4. The van der Waals surface area contributed by atoms with Gasteiger partial charge in [-0.05, 0) is 44.4 Å². The van der Waals surface area contributed by atoms with Crippen molar-refractivity contribution >= 4 is 11.8 Å². The summed E-state index contributed by atoms with van der Waals surface area (Å²) in [7, 11) is 0. The van der Waals surface area contributed by atoms with Crippen LogP contribution >= 0.6 is 0 Å². The van der Waals surface area contributed by atoms with E-state index in [9.17, 15) is 9.59 Å². The lowest BCUT2D eigenvalue weighted by Crippen LogP contribution is -2.56. The Morgan fingerprint density at radius 2 is 1.63 bits per heavy atom. The minimum absolute atomic E-state index is 0.0345. The van der Waals surface area contributed by atoms with Crippen molar-refractivity contribution in [2.24, 2.45) is 11.8 Å². The number of rotatable bonds is 5. The average Bonchev–Trinajstić information content (AvgIpc) is 2.84. The molecule has 4 aliphatic rings. The van der Waals surface area contributed by atoms with E-state index < -0.39 is 0 Å². The maximum Gasteiger partial charge on any atom is 0.229 e. The highest BCUT2D eigenvalue weighted by Crippen LogP contribution is 2.27. The molecule has 27 heavy (non-hydrogen) atoms. The molecular formula is C21H35N3O3. The Morgan fingerprint density at radius 1 is 0.852 bits per heavy atom. The molecule has 0 N–H and O–H groups in total. The van der Waals surface area contributed by atoms with Gasteiger partial charge in [0.1, 0.15) is 0 Å². The van der Waals surface area contributed by atoms with Crippen molar-refractivity contribution in [2.75, 3.05) is 52.5 Å². The highest BCUT2D eigenvalue weighted by Gasteiger charge is 2.38. The van der Waals surface area contributed by atoms with E-state index in [0.29, 0.717) is 25.4 Å². The van der Waals surface area contributed by atoms with Gasteiger partial charge in [-0.25, -0.2) is 0 Å². The van der Waals surface area contributed by atoms with Crippen LogP contribution in [0.4, 0.5) is 0 Å². The van der Waals surface area contributed by atoms with Gasteiger partial charge >= 0.3 is 0 Å². The minimum Gasteiger partial charge on any atom is -0.381 e. The maximum absolute atomic E-state index is 12.8. The fourth-order valence-electron chi connectivity index (χ4n) is 4.89. The van der Waals surface area contributed by atoms with Crippen LogP contribution in [-0.4, -0.2) is 85.0 Å². The van der Waals surface area contributed by atoms with Crippen molar-refractivity contribution in [3.8, 4) is 0 Å². The summed E-state index contributed by atoms with van der Waals surface area (Å²) in [5, 5.41) is 0. The monoisotopic (exact) mass is 377 g/mol. The number of likely N-dealkylation sites (tertiary alicyclic amines) is 1. The van der Waals surface area contributed by atoms with Crippen molar-refractivity contribution in [3.63, 3.8) is 0 Å². The Bertz CT molecular complexity index is 525. The molecule has 4 rings (SSSR count). The SMILES string of the molecule is O=C(CCC1CCOCC1)N1CC(C(=O)N2CCCN(C3CCC3)CC2)C1. The van der Waals surface area contributed by atoms with Crippen molar-refractivity contribution in [3.05, 3.63) is 0 Å². The molecule has 4 fully saturated rings. The van der Waals surface area contributed by atoms with E-state index in [4.69, 9.17) is 4.74 Å². The van der Waals surface area contributed by atoms with Crippen molar-refractivity contribution in [1.82, 2.24) is 14.7 Å². The number of carbonyl (C=O) groups excluding carboxylic acids is 2. The van der Waals surface area contributed by atoms with Gasteiger partial charge in [0.05, 0.1) is 5.92 Å². The first kappa shape index (κ1) is 19.2. The van der Waals surface area contributed by atoms with E-state index in [-0.39, 0.29) is 17.7 Å². The molecule has 2 amide bonds. The summed E-state index contributed by atoms with van der Waals surface area (Å²) in [5.41, 5.74) is 0. The van der Waals surface area contributed by atoms with Crippen LogP contribution in [0.5, 0.6) is 0 Å². The fourth-order valence-corrected chi connectivity index (χ4v) is 4.89. The third-order valence-electron chi connectivity index (χ3n) is 7.12. The molecule has 3 saturated heterocycles. The van der Waals surface area contributed by atoms with Crippen LogP contribution in [0.3, 0.4) is 0 Å². The van der Waals surface area contributed by atoms with Crippen molar-refractivity contribution < 1.29 is 14.3 Å². The average molecular weight is 378 g/mol. The van der Waals surface area contributed by atoms with Crippen LogP contribution in [0.25, 0.3) is 0 Å². The number of ether oxygens (including phenoxy) is 1. The highest BCUT2D eigenvalue weighted by molar-refractivity contribution is 5.84. The fraction of sp³-hybridized carbons (Fsp3) is 0.905. The maximum atomic E-state index is 12.8. The summed E-state index contributed by atoms with van der Waals surface area (Å²) in [6, 6.07) is 0.771. The Morgan fingerprint density at radius 3 is 2.33 bits per heavy atom. The molecule has 0 radical (unpaired) electrons. The van der Waals surface area contributed by atoms with Gasteiger partial charge in [-0.15, -0.1) is 0 Å². The Labute approximate surface area is 163 Å². The summed E-state index contributed by atoms with van der Waals surface area (Å²) in [4.78, 5) is 31.7. The zero-order valence-electron chi connectivity index (χ0n) is 16.6. The quantitative estimate of drug-likeness (QED) is 0.732. The van der Waals surface area contributed by atoms with Crippen LogP contribution in [0.2, 0.25) is 0 Å². The first-order chi connectivity index (χ1) is 13.2. The molecule has 1 aliphatic carbocycles. The first-order valence-corrected chi connectivity index (χ1v) is 11.1. The summed E-state index contributed by atoms with van der Waals surface area (Å²) < 4.78 is 5.38. The molecule has 0 aromatic rings. The van der Waals surface area contributed by atoms with Crippen molar-refractivity contribution in [1.29, 1.82) is 0 Å². The van der Waals surface area contributed by atoms with E-state index in [0.717, 1.165) is 71.1 Å². The summed E-state index contributed by atoms with van der Waals surface area (Å²) in [6.45, 7) is 6.86. The van der Waals surface area contributed by atoms with Gasteiger partial charge in [0.15, 0.2) is 0 Å². The minimum atomic E-state index is 0.0345. The Kier molecular flexibility index (Phi) is 6.33. The number of hydrogen-bond acceptors (Lipinski definition) is 4. The zero-order chi connectivity index (χ0) is 18.6. The molecule has 0 bridgehead atoms. The number of hydrogen-bond donors (Lipinski definition) is 0. The molecule has 6 heteroatoms. The second-order valence-corrected chi connectivity index (χ2v) is 8.89. The second kappa shape index (κ2) is 8.91. The predicted molar refractivity (Wildman–Crippen MR) is 103 cm³/mol. The van der Waals surface area contributed by atoms with Crippen LogP contribution in [0, 0.1) is 11.8 Å². The van der Waals surface area contributed by atoms with E-state index in [1.54, 1.807) is 0 Å². The summed E-state index contributed by atoms with van der Waals surface area (Å²) in [5.74, 6) is 1.18. The second-order valence-electron chi connectivity index (χ2n) is 8.89. The third-order valence-corrected chi connectivity index (χ3v) is 7.12. The van der Waals surface area contributed by atoms with Gasteiger partial charge < -0.3 is 14.5 Å². The van der Waals surface area contributed by atoms with Gasteiger partial charge in [0, 0.05) is 64.9 Å². The number of nitrogens with zero attached hydrogens (tertiary/aromatic N) is 3. The van der Waals surface area contributed by atoms with Gasteiger partial charge in [0.2, 0.25) is 11.8 Å². The third kappa shape index (κ3) is 4.65. The van der Waals surface area contributed by atoms with E-state index >= 15 is 0 Å². The molecular weight excluding hydrogens is 342 g/mol. The highest BCUT2D eigenvalue weighted by atomic mass is 16.5. The lowest BCUT2D eigenvalue weighted by molar-refractivity contribution is -0.148. The van der Waals surface area contributed by atoms with Gasteiger partial charge in [-0.2, -0.15) is 0 Å². The smallest absolute Gasteiger partial charge is 0.229 e. The van der Waals surface area contributed by atoms with E-state index in [1.807, 2.05) is 4.90 Å². The molecule has 1 saturated carbocycles. The van der Waals surface area contributed by atoms with Gasteiger partial charge in [0.25, 0.3) is 0 Å². The van der Waals surface area contributed by atoms with E-state index in [1.165, 1.54) is 19.3 Å². The molecule has 3 heterocycles. The Hall–Kier alpha value is -1.14. The van der Waals surface area contributed by atoms with Gasteiger partial charge in [-0.3, -0.25) is 14.5 Å². The zero-order valence-corrected chi connectivity index (χ0v) is 16.6. The topological polar surface area (TPSA) is 53.1 Å². The van der Waals surface area contributed by atoms with Crippen LogP contribution in [-0.2, 0) is 14.3 Å². The largest absolute Gasteiger partial charge is 0.381 e. The molecule has 0 aromatic heterocycles. The van der Waals surface area contributed by atoms with Crippen LogP contribution < -0.4 is 0 Å². The number of carbonyl (C=O) groups is 2. The summed E-state index contributed by atoms with van der Waals surface area (Å²) in [6.07, 6.45) is 8.89. The van der Waals surface area contributed by atoms with Crippen LogP contribution in [0.1, 0.15) is 51.4 Å². The molecule has 0 aromatic carbocycles. The molecule has 152 valence electrons. The first-order valence-electron chi connectivity index (χ1n) is 11.1. The lowest BCUT2D eigenvalue weighted by atomic mass is 9.91. The predicted octanol–water partition coefficient (Wildman–Crippen LogP) is 1.74. The summed E-state index contributed by atoms with van der Waals surface area (Å²) >= 11 is 0. The lowest BCUT2D eigenvalue weighted by Gasteiger charge is -2.41. The Balaban J connectivity index is 1.16. The molecule has 0 unspecified atom stereocenters. The standard InChI is InChI=1S/C21H35N3O3/c25-20(6-5-17-7-13-27-14-8-17)24-15-18(16-24)21(26)23-10-2-9-22(11-12-23)19-3-1-4-19/h17-19H,1-16H2. The molecule has 6 nitrogen and oxygen atoms in total. The van der Waals surface area contributed by atoms with E-state index in [2.05, 4.69) is 9.80 Å².